The van der Waals surface area contributed by atoms with Crippen molar-refractivity contribution in [1.29, 1.82) is 0 Å². The molecule has 0 spiro atoms. The largest absolute Gasteiger partial charge is 0.490 e. The summed E-state index contributed by atoms with van der Waals surface area (Å²) in [6.07, 6.45) is 5.95. The van der Waals surface area contributed by atoms with E-state index in [1.807, 2.05) is 55.5 Å². The molecular formula is C27H30N2O4. The maximum Gasteiger partial charge on any atom is 0.250 e. The number of pyridine rings is 1. The second-order valence-electron chi connectivity index (χ2n) is 7.52. The van der Waals surface area contributed by atoms with Crippen LogP contribution in [0.3, 0.4) is 0 Å². The van der Waals surface area contributed by atoms with Crippen LogP contribution in [0.4, 0.5) is 0 Å². The molecule has 1 N–H and O–H groups in total. The smallest absolute Gasteiger partial charge is 0.250 e. The van der Waals surface area contributed by atoms with Gasteiger partial charge in [-0.15, -0.1) is 0 Å². The van der Waals surface area contributed by atoms with Gasteiger partial charge in [0.1, 0.15) is 0 Å². The molecule has 3 rings (SSSR count). The Labute approximate surface area is 194 Å². The fourth-order valence-corrected chi connectivity index (χ4v) is 3.20. The van der Waals surface area contributed by atoms with Gasteiger partial charge in [-0.05, 0) is 54.3 Å². The highest BCUT2D eigenvalue weighted by atomic mass is 16.5. The lowest BCUT2D eigenvalue weighted by atomic mass is 10.1. The van der Waals surface area contributed by atoms with Crippen LogP contribution in [0.2, 0.25) is 0 Å². The summed E-state index contributed by atoms with van der Waals surface area (Å²) in [6.45, 7) is 6.08. The molecule has 0 unspecified atom stereocenters. The molecule has 6 heteroatoms. The number of ether oxygens (including phenoxy) is 2. The number of nitrogens with one attached hydrogen (secondary N) is 1. The molecule has 172 valence electrons. The van der Waals surface area contributed by atoms with Crippen LogP contribution in [0.25, 0.3) is 6.08 Å². The molecule has 0 aliphatic rings. The third kappa shape index (κ3) is 7.38. The lowest BCUT2D eigenvalue weighted by Gasteiger charge is -2.12. The quantitative estimate of drug-likeness (QED) is 0.443. The predicted molar refractivity (Wildman–Crippen MR) is 131 cm³/mol. The summed E-state index contributed by atoms with van der Waals surface area (Å²) in [4.78, 5) is 24.1. The number of carbonyl (C=O) groups excluding carboxylic acids is 1. The highest BCUT2D eigenvalue weighted by Gasteiger charge is 2.06. The molecule has 0 saturated heterocycles. The van der Waals surface area contributed by atoms with Crippen LogP contribution < -0.4 is 20.3 Å². The Hall–Kier alpha value is -3.80. The molecule has 6 nitrogen and oxygen atoms in total. The van der Waals surface area contributed by atoms with E-state index in [-0.39, 0.29) is 11.5 Å². The number of amides is 1. The van der Waals surface area contributed by atoms with Crippen LogP contribution in [0, 0.1) is 0 Å². The van der Waals surface area contributed by atoms with Gasteiger partial charge in [0.15, 0.2) is 11.5 Å². The average molecular weight is 447 g/mol. The molecule has 33 heavy (non-hydrogen) atoms. The molecule has 0 aliphatic heterocycles. The van der Waals surface area contributed by atoms with Gasteiger partial charge in [0, 0.05) is 24.9 Å². The number of carbonyl (C=O) groups is 1. The lowest BCUT2D eigenvalue weighted by molar-refractivity contribution is -0.116. The Kier molecular flexibility index (Phi) is 8.88. The zero-order valence-corrected chi connectivity index (χ0v) is 19.1. The fourth-order valence-electron chi connectivity index (χ4n) is 3.20. The first kappa shape index (κ1) is 23.9. The van der Waals surface area contributed by atoms with Gasteiger partial charge in [-0.1, -0.05) is 43.3 Å². The summed E-state index contributed by atoms with van der Waals surface area (Å²) >= 11 is 0. The van der Waals surface area contributed by atoms with Crippen LogP contribution in [0.5, 0.6) is 11.5 Å². The second-order valence-corrected chi connectivity index (χ2v) is 7.52. The first-order valence-electron chi connectivity index (χ1n) is 11.2. The number of benzene rings is 2. The van der Waals surface area contributed by atoms with Crippen LogP contribution in [-0.4, -0.2) is 23.7 Å². The van der Waals surface area contributed by atoms with Gasteiger partial charge in [0.05, 0.1) is 19.8 Å². The normalized spacial score (nSPS) is 10.8. The Balaban J connectivity index is 1.54. The Morgan fingerprint density at radius 3 is 2.48 bits per heavy atom. The van der Waals surface area contributed by atoms with Gasteiger partial charge in [0.25, 0.3) is 5.56 Å². The van der Waals surface area contributed by atoms with E-state index < -0.39 is 0 Å². The summed E-state index contributed by atoms with van der Waals surface area (Å²) in [5.41, 5.74) is 2.83. The van der Waals surface area contributed by atoms with E-state index in [0.717, 1.165) is 23.1 Å². The number of rotatable bonds is 11. The van der Waals surface area contributed by atoms with E-state index in [2.05, 4.69) is 12.2 Å². The number of hydrogen-bond acceptors (Lipinski definition) is 4. The van der Waals surface area contributed by atoms with E-state index in [1.54, 1.807) is 29.0 Å². The minimum Gasteiger partial charge on any atom is -0.490 e. The van der Waals surface area contributed by atoms with E-state index >= 15 is 0 Å². The third-order valence-electron chi connectivity index (χ3n) is 4.90. The predicted octanol–water partition coefficient (Wildman–Crippen LogP) is 4.41. The third-order valence-corrected chi connectivity index (χ3v) is 4.90. The summed E-state index contributed by atoms with van der Waals surface area (Å²) < 4.78 is 13.0. The SMILES string of the molecule is CCCOc1ccc(C=CC(=O)NCc2ccc(Cn3ccccc3=O)cc2)cc1OCC. The molecule has 0 atom stereocenters. The molecule has 0 aliphatic carbocycles. The molecule has 1 heterocycles. The minimum absolute atomic E-state index is 0.0304. The maximum atomic E-state index is 12.3. The topological polar surface area (TPSA) is 69.6 Å². The van der Waals surface area contributed by atoms with Crippen molar-refractivity contribution < 1.29 is 14.3 Å². The standard InChI is InChI=1S/C27H30N2O4/c1-3-17-33-24-14-12-21(18-25(24)32-4-2)13-15-26(30)28-19-22-8-10-23(11-9-22)20-29-16-6-5-7-27(29)31/h5-16,18H,3-4,17,19-20H2,1-2H3,(H,28,30). The molecule has 1 aromatic heterocycles. The van der Waals surface area contributed by atoms with Gasteiger partial charge in [-0.25, -0.2) is 0 Å². The molecule has 0 fully saturated rings. The maximum absolute atomic E-state index is 12.3. The zero-order valence-electron chi connectivity index (χ0n) is 19.1. The number of hydrogen-bond donors (Lipinski definition) is 1. The van der Waals surface area contributed by atoms with Crippen molar-refractivity contribution in [3.8, 4) is 11.5 Å². The van der Waals surface area contributed by atoms with Gasteiger partial charge >= 0.3 is 0 Å². The van der Waals surface area contributed by atoms with Crippen molar-refractivity contribution in [2.45, 2.75) is 33.4 Å². The van der Waals surface area contributed by atoms with E-state index in [0.29, 0.717) is 37.8 Å². The molecule has 2 aromatic carbocycles. The Morgan fingerprint density at radius 1 is 0.970 bits per heavy atom. The van der Waals surface area contributed by atoms with Crippen molar-refractivity contribution in [2.75, 3.05) is 13.2 Å². The first-order chi connectivity index (χ1) is 16.1. The van der Waals surface area contributed by atoms with Crippen LogP contribution in [0.15, 0.2) is 77.7 Å². The van der Waals surface area contributed by atoms with Crippen molar-refractivity contribution in [1.82, 2.24) is 9.88 Å². The molecule has 3 aromatic rings. The number of nitrogens with zero attached hydrogens (tertiary/aromatic N) is 1. The van der Waals surface area contributed by atoms with Crippen LogP contribution in [-0.2, 0) is 17.9 Å². The molecule has 0 radical (unpaired) electrons. The van der Waals surface area contributed by atoms with E-state index in [1.165, 1.54) is 6.08 Å². The van der Waals surface area contributed by atoms with E-state index in [9.17, 15) is 9.59 Å². The van der Waals surface area contributed by atoms with Gasteiger partial charge in [0.2, 0.25) is 5.91 Å². The van der Waals surface area contributed by atoms with E-state index in [4.69, 9.17) is 9.47 Å². The first-order valence-corrected chi connectivity index (χ1v) is 11.2. The number of aromatic nitrogens is 1. The second kappa shape index (κ2) is 12.3. The highest BCUT2D eigenvalue weighted by molar-refractivity contribution is 5.91. The lowest BCUT2D eigenvalue weighted by Crippen LogP contribution is -2.20. The summed E-state index contributed by atoms with van der Waals surface area (Å²) in [5, 5.41) is 2.89. The van der Waals surface area contributed by atoms with Crippen LogP contribution in [0.1, 0.15) is 37.0 Å². The molecular weight excluding hydrogens is 416 g/mol. The Morgan fingerprint density at radius 2 is 1.76 bits per heavy atom. The van der Waals surface area contributed by atoms with Crippen LogP contribution >= 0.6 is 0 Å². The average Bonchev–Trinajstić information content (AvgIpc) is 2.83. The fraction of sp³-hybridized carbons (Fsp3) is 0.259. The summed E-state index contributed by atoms with van der Waals surface area (Å²) in [5.74, 6) is 1.20. The summed E-state index contributed by atoms with van der Waals surface area (Å²) in [6, 6.07) is 18.6. The van der Waals surface area contributed by atoms with Crippen molar-refractivity contribution >= 4 is 12.0 Å². The minimum atomic E-state index is -0.181. The van der Waals surface area contributed by atoms with Crippen molar-refractivity contribution in [3.05, 3.63) is 100.0 Å². The molecule has 0 bridgehead atoms. The molecule has 0 saturated carbocycles. The monoisotopic (exact) mass is 446 g/mol. The zero-order chi connectivity index (χ0) is 23.5. The highest BCUT2D eigenvalue weighted by Crippen LogP contribution is 2.29. The van der Waals surface area contributed by atoms with Gasteiger partial charge in [-0.2, -0.15) is 0 Å². The Bertz CT molecular complexity index is 1130. The van der Waals surface area contributed by atoms with Crippen molar-refractivity contribution in [3.63, 3.8) is 0 Å². The van der Waals surface area contributed by atoms with Crippen molar-refractivity contribution in [2.24, 2.45) is 0 Å². The van der Waals surface area contributed by atoms with Gasteiger partial charge < -0.3 is 19.4 Å². The molecule has 1 amide bonds. The summed E-state index contributed by atoms with van der Waals surface area (Å²) in [7, 11) is 0. The van der Waals surface area contributed by atoms with Gasteiger partial charge in [-0.3, -0.25) is 9.59 Å².